The van der Waals surface area contributed by atoms with Crippen molar-refractivity contribution in [2.75, 3.05) is 49.5 Å². The lowest BCUT2D eigenvalue weighted by molar-refractivity contribution is -0.138. The summed E-state index contributed by atoms with van der Waals surface area (Å²) in [7, 11) is 0. The van der Waals surface area contributed by atoms with Gasteiger partial charge in [-0.15, -0.1) is 0 Å². The minimum atomic E-state index is -4.27. The Morgan fingerprint density at radius 3 is 2.29 bits per heavy atom. The molecule has 1 fully saturated rings. The second kappa shape index (κ2) is 13.3. The number of halogens is 6. The summed E-state index contributed by atoms with van der Waals surface area (Å²) in [5, 5.41) is 21.4. The molecule has 0 aliphatic carbocycles. The predicted octanol–water partition coefficient (Wildman–Crippen LogP) is 3.27. The van der Waals surface area contributed by atoms with Gasteiger partial charge in [-0.25, -0.2) is 13.6 Å². The van der Waals surface area contributed by atoms with Crippen LogP contribution in [0.4, 0.5) is 38.1 Å². The first-order chi connectivity index (χ1) is 19.2. The van der Waals surface area contributed by atoms with Crippen molar-refractivity contribution in [1.82, 2.24) is 9.80 Å². The third-order valence-electron chi connectivity index (χ3n) is 6.50. The number of carboxylic acid groups (broad SMARTS) is 1. The minimum absolute atomic E-state index is 0.148. The Morgan fingerprint density at radius 2 is 1.73 bits per heavy atom. The Hall–Kier alpha value is -3.69. The van der Waals surface area contributed by atoms with E-state index in [1.54, 1.807) is 9.80 Å². The zero-order valence-electron chi connectivity index (χ0n) is 21.4. The number of carbonyl (C=O) groups is 3. The number of piperazine rings is 1. The summed E-state index contributed by atoms with van der Waals surface area (Å²) in [5.41, 5.74) is 4.47. The molecule has 1 atom stereocenters. The number of anilines is 2. The lowest BCUT2D eigenvalue weighted by Gasteiger charge is -2.37. The summed E-state index contributed by atoms with van der Waals surface area (Å²) < 4.78 is 67.5. The van der Waals surface area contributed by atoms with E-state index in [0.29, 0.717) is 41.8 Å². The standard InChI is InChI=1S/C25H27ClF5N5O5/c26-15-2-4-17(18(11-15)35-9-7-34(8-10-35)6-5-25(29,30)31)33-23(39)16-3-1-14(20(27)21(16)28)12-36(24(40)41)19(13-37)22(32)38/h1-4,11,19,37H,5-10,12-13H2,(H2,32,38)(H,33,39)(H,40,41). The summed E-state index contributed by atoms with van der Waals surface area (Å²) in [6.07, 6.45) is -6.93. The first-order valence-corrected chi connectivity index (χ1v) is 12.6. The van der Waals surface area contributed by atoms with Gasteiger partial charge in [-0.3, -0.25) is 19.4 Å². The van der Waals surface area contributed by atoms with Crippen molar-refractivity contribution in [3.05, 3.63) is 58.1 Å². The fourth-order valence-corrected chi connectivity index (χ4v) is 4.45. The van der Waals surface area contributed by atoms with Crippen molar-refractivity contribution in [2.45, 2.75) is 25.2 Å². The number of primary amides is 1. The van der Waals surface area contributed by atoms with Crippen LogP contribution in [0.25, 0.3) is 0 Å². The van der Waals surface area contributed by atoms with E-state index in [0.717, 1.165) is 12.1 Å². The largest absolute Gasteiger partial charge is 0.465 e. The molecule has 1 heterocycles. The quantitative estimate of drug-likeness (QED) is 0.304. The predicted molar refractivity (Wildman–Crippen MR) is 139 cm³/mol. The van der Waals surface area contributed by atoms with Crippen molar-refractivity contribution < 1.29 is 46.5 Å². The first kappa shape index (κ1) is 31.8. The van der Waals surface area contributed by atoms with Gasteiger partial charge in [-0.1, -0.05) is 17.7 Å². The van der Waals surface area contributed by atoms with Gasteiger partial charge in [0.15, 0.2) is 11.6 Å². The average Bonchev–Trinajstić information content (AvgIpc) is 2.90. The number of nitrogens with zero attached hydrogens (tertiary/aromatic N) is 3. The molecule has 16 heteroatoms. The zero-order chi connectivity index (χ0) is 30.5. The van der Waals surface area contributed by atoms with Crippen LogP contribution in [0.3, 0.4) is 0 Å². The molecule has 10 nitrogen and oxygen atoms in total. The van der Waals surface area contributed by atoms with Crippen LogP contribution < -0.4 is 16.0 Å². The molecule has 0 saturated carbocycles. The highest BCUT2D eigenvalue weighted by atomic mass is 35.5. The molecule has 0 radical (unpaired) electrons. The van der Waals surface area contributed by atoms with Crippen LogP contribution in [-0.2, 0) is 11.3 Å². The molecular formula is C25H27ClF5N5O5. The Labute approximate surface area is 236 Å². The number of nitrogens with one attached hydrogen (secondary N) is 1. The normalized spacial score (nSPS) is 15.0. The summed E-state index contributed by atoms with van der Waals surface area (Å²) in [4.78, 5) is 39.7. The van der Waals surface area contributed by atoms with Gasteiger partial charge in [0.1, 0.15) is 6.04 Å². The molecule has 1 aliphatic rings. The van der Waals surface area contributed by atoms with E-state index in [-0.39, 0.29) is 12.2 Å². The summed E-state index contributed by atoms with van der Waals surface area (Å²) >= 11 is 6.12. The second-order valence-electron chi connectivity index (χ2n) is 9.22. The molecule has 2 aromatic carbocycles. The van der Waals surface area contributed by atoms with Gasteiger partial charge in [0.2, 0.25) is 5.91 Å². The number of hydrogen-bond acceptors (Lipinski definition) is 6. The lowest BCUT2D eigenvalue weighted by atomic mass is 10.1. The molecule has 5 N–H and O–H groups in total. The third kappa shape index (κ3) is 8.17. The number of amides is 3. The van der Waals surface area contributed by atoms with Crippen LogP contribution in [0, 0.1) is 11.6 Å². The van der Waals surface area contributed by atoms with E-state index in [4.69, 9.17) is 17.3 Å². The number of nitrogens with two attached hydrogens (primary N) is 1. The highest BCUT2D eigenvalue weighted by molar-refractivity contribution is 6.31. The van der Waals surface area contributed by atoms with Crippen LogP contribution in [0.5, 0.6) is 0 Å². The van der Waals surface area contributed by atoms with E-state index < -0.39 is 72.5 Å². The van der Waals surface area contributed by atoms with Gasteiger partial charge in [0.05, 0.1) is 36.5 Å². The highest BCUT2D eigenvalue weighted by Crippen LogP contribution is 2.31. The summed E-state index contributed by atoms with van der Waals surface area (Å²) in [6, 6.07) is 4.60. The van der Waals surface area contributed by atoms with Gasteiger partial charge in [0.25, 0.3) is 5.91 Å². The Morgan fingerprint density at radius 1 is 1.07 bits per heavy atom. The summed E-state index contributed by atoms with van der Waals surface area (Å²) in [5.74, 6) is -5.37. The maximum absolute atomic E-state index is 15.0. The fraction of sp³-hybridized carbons (Fsp3) is 0.400. The maximum atomic E-state index is 15.0. The van der Waals surface area contributed by atoms with Crippen molar-refractivity contribution in [3.8, 4) is 0 Å². The number of rotatable bonds is 10. The van der Waals surface area contributed by atoms with Crippen molar-refractivity contribution >= 4 is 40.9 Å². The molecule has 0 aromatic heterocycles. The van der Waals surface area contributed by atoms with Crippen molar-refractivity contribution in [1.29, 1.82) is 0 Å². The molecule has 2 aromatic rings. The Kier molecular flexibility index (Phi) is 10.3. The number of hydrogen-bond donors (Lipinski definition) is 4. The number of carbonyl (C=O) groups excluding carboxylic acids is 2. The highest BCUT2D eigenvalue weighted by Gasteiger charge is 2.31. The van der Waals surface area contributed by atoms with Gasteiger partial charge < -0.3 is 26.2 Å². The SMILES string of the molecule is NC(=O)C(CO)N(Cc1ccc(C(=O)Nc2ccc(Cl)cc2N2CCN(CCC(F)(F)F)CC2)c(F)c1F)C(=O)O. The molecule has 0 spiro atoms. The number of aliphatic hydroxyl groups excluding tert-OH is 1. The van der Waals surface area contributed by atoms with Crippen LogP contribution >= 0.6 is 11.6 Å². The van der Waals surface area contributed by atoms with Gasteiger partial charge in [-0.05, 0) is 24.3 Å². The van der Waals surface area contributed by atoms with Crippen LogP contribution in [-0.4, -0.2) is 89.5 Å². The third-order valence-corrected chi connectivity index (χ3v) is 6.74. The van der Waals surface area contributed by atoms with E-state index in [1.165, 1.54) is 18.2 Å². The number of alkyl halides is 3. The number of benzene rings is 2. The van der Waals surface area contributed by atoms with E-state index in [2.05, 4.69) is 5.32 Å². The molecule has 224 valence electrons. The molecule has 41 heavy (non-hydrogen) atoms. The second-order valence-corrected chi connectivity index (χ2v) is 9.66. The maximum Gasteiger partial charge on any atom is 0.408 e. The zero-order valence-corrected chi connectivity index (χ0v) is 22.2. The topological polar surface area (TPSA) is 139 Å². The Bertz CT molecular complexity index is 1290. The molecular weight excluding hydrogens is 581 g/mol. The van der Waals surface area contributed by atoms with Gasteiger partial charge in [0, 0.05) is 43.3 Å². The van der Waals surface area contributed by atoms with Crippen molar-refractivity contribution in [2.24, 2.45) is 5.73 Å². The van der Waals surface area contributed by atoms with Crippen LogP contribution in [0.1, 0.15) is 22.3 Å². The molecule has 1 unspecified atom stereocenters. The van der Waals surface area contributed by atoms with E-state index in [1.807, 2.05) is 0 Å². The van der Waals surface area contributed by atoms with Gasteiger partial charge >= 0.3 is 12.3 Å². The van der Waals surface area contributed by atoms with Crippen LogP contribution in [0.15, 0.2) is 30.3 Å². The molecule has 1 saturated heterocycles. The average molecular weight is 608 g/mol. The van der Waals surface area contributed by atoms with E-state index in [9.17, 15) is 46.5 Å². The number of aliphatic hydroxyl groups is 1. The van der Waals surface area contributed by atoms with Crippen molar-refractivity contribution in [3.63, 3.8) is 0 Å². The van der Waals surface area contributed by atoms with E-state index >= 15 is 0 Å². The summed E-state index contributed by atoms with van der Waals surface area (Å²) in [6.45, 7) is -0.708. The molecule has 3 amide bonds. The first-order valence-electron chi connectivity index (χ1n) is 12.2. The molecule has 0 bridgehead atoms. The van der Waals surface area contributed by atoms with Crippen LogP contribution in [0.2, 0.25) is 5.02 Å². The fourth-order valence-electron chi connectivity index (χ4n) is 4.28. The minimum Gasteiger partial charge on any atom is -0.465 e. The lowest BCUT2D eigenvalue weighted by Crippen LogP contribution is -2.49. The Balaban J connectivity index is 1.77. The van der Waals surface area contributed by atoms with Gasteiger partial charge in [-0.2, -0.15) is 13.2 Å². The monoisotopic (exact) mass is 607 g/mol. The molecule has 3 rings (SSSR count). The molecule has 1 aliphatic heterocycles. The smallest absolute Gasteiger partial charge is 0.408 e.